The molecule has 1 saturated carbocycles. The van der Waals surface area contributed by atoms with Crippen LogP contribution in [0, 0.1) is 16.7 Å². The zero-order valence-electron chi connectivity index (χ0n) is 22.4. The number of hydrogen-bond acceptors (Lipinski definition) is 3. The fraction of sp³-hybridized carbons (Fsp3) is 0.656. The first-order chi connectivity index (χ1) is 17.2. The Morgan fingerprint density at radius 2 is 1.37 bits per heavy atom. The zero-order valence-corrected chi connectivity index (χ0v) is 22.4. The summed E-state index contributed by atoms with van der Waals surface area (Å²) in [6.07, 6.45) is 25.0. The molecule has 3 rings (SSSR count). The van der Waals surface area contributed by atoms with Crippen LogP contribution in [-0.4, -0.2) is 9.97 Å². The summed E-state index contributed by atoms with van der Waals surface area (Å²) in [5.41, 5.74) is 3.67. The molecule has 1 aliphatic carbocycles. The van der Waals surface area contributed by atoms with Crippen LogP contribution in [0.15, 0.2) is 36.7 Å². The average molecular weight is 474 g/mol. The van der Waals surface area contributed by atoms with Gasteiger partial charge in [-0.1, -0.05) is 102 Å². The van der Waals surface area contributed by atoms with Gasteiger partial charge in [-0.15, -0.1) is 0 Å². The number of rotatable bonds is 15. The quantitative estimate of drug-likeness (QED) is 0.242. The molecule has 1 aromatic carbocycles. The van der Waals surface area contributed by atoms with Crippen molar-refractivity contribution >= 4 is 0 Å². The number of aromatic nitrogens is 2. The van der Waals surface area contributed by atoms with Crippen LogP contribution in [0.1, 0.15) is 134 Å². The molecule has 0 aliphatic heterocycles. The monoisotopic (exact) mass is 473 g/mol. The Balaban J connectivity index is 1.43. The van der Waals surface area contributed by atoms with Crippen LogP contribution in [-0.2, 0) is 6.42 Å². The number of nitriles is 1. The van der Waals surface area contributed by atoms with Crippen LogP contribution in [0.4, 0.5) is 0 Å². The topological polar surface area (TPSA) is 49.6 Å². The van der Waals surface area contributed by atoms with Crippen LogP contribution in [0.3, 0.4) is 0 Å². The van der Waals surface area contributed by atoms with Gasteiger partial charge in [-0.2, -0.15) is 5.26 Å². The Morgan fingerprint density at radius 1 is 0.800 bits per heavy atom. The maximum absolute atomic E-state index is 9.82. The molecule has 0 spiro atoms. The zero-order chi connectivity index (χ0) is 24.8. The molecule has 0 radical (unpaired) electrons. The van der Waals surface area contributed by atoms with E-state index in [2.05, 4.69) is 54.2 Å². The maximum atomic E-state index is 9.82. The Bertz CT molecular complexity index is 871. The molecule has 1 fully saturated rings. The van der Waals surface area contributed by atoms with Crippen LogP contribution in [0.25, 0.3) is 11.4 Å². The van der Waals surface area contributed by atoms with E-state index >= 15 is 0 Å². The van der Waals surface area contributed by atoms with Gasteiger partial charge >= 0.3 is 0 Å². The Labute approximate surface area is 214 Å². The van der Waals surface area contributed by atoms with Gasteiger partial charge in [0.2, 0.25) is 0 Å². The Morgan fingerprint density at radius 3 is 1.97 bits per heavy atom. The third-order valence-electron chi connectivity index (χ3n) is 8.10. The average Bonchev–Trinajstić information content (AvgIpc) is 2.91. The molecular formula is C32H47N3. The summed E-state index contributed by atoms with van der Waals surface area (Å²) in [5.74, 6) is 1.39. The van der Waals surface area contributed by atoms with E-state index in [9.17, 15) is 5.26 Å². The van der Waals surface area contributed by atoms with Gasteiger partial charge < -0.3 is 0 Å². The lowest BCUT2D eigenvalue weighted by atomic mass is 9.67. The van der Waals surface area contributed by atoms with Crippen molar-refractivity contribution in [1.82, 2.24) is 9.97 Å². The predicted octanol–water partition coefficient (Wildman–Crippen LogP) is 9.57. The summed E-state index contributed by atoms with van der Waals surface area (Å²) in [4.78, 5) is 9.32. The lowest BCUT2D eigenvalue weighted by Gasteiger charge is -2.35. The van der Waals surface area contributed by atoms with Gasteiger partial charge in [0.1, 0.15) is 0 Å². The summed E-state index contributed by atoms with van der Waals surface area (Å²) < 4.78 is 0. The first-order valence-corrected chi connectivity index (χ1v) is 14.5. The van der Waals surface area contributed by atoms with Crippen LogP contribution < -0.4 is 0 Å². The highest BCUT2D eigenvalue weighted by atomic mass is 14.9. The first-order valence-electron chi connectivity index (χ1n) is 14.5. The van der Waals surface area contributed by atoms with Crippen LogP contribution >= 0.6 is 0 Å². The van der Waals surface area contributed by atoms with Gasteiger partial charge in [0.05, 0.1) is 11.5 Å². The van der Waals surface area contributed by atoms with Gasteiger partial charge in [0.25, 0.3) is 0 Å². The van der Waals surface area contributed by atoms with Crippen molar-refractivity contribution in [3.05, 3.63) is 47.8 Å². The third-order valence-corrected chi connectivity index (χ3v) is 8.10. The number of nitrogens with zero attached hydrogens (tertiary/aromatic N) is 3. The second kappa shape index (κ2) is 15.0. The molecule has 1 aromatic heterocycles. The maximum Gasteiger partial charge on any atom is 0.159 e. The largest absolute Gasteiger partial charge is 0.236 e. The predicted molar refractivity (Wildman–Crippen MR) is 147 cm³/mol. The number of unbranched alkanes of at least 4 members (excludes halogenated alkanes) is 9. The van der Waals surface area contributed by atoms with Crippen molar-refractivity contribution < 1.29 is 0 Å². The fourth-order valence-corrected chi connectivity index (χ4v) is 5.64. The van der Waals surface area contributed by atoms with Crippen molar-refractivity contribution in [2.75, 3.05) is 0 Å². The standard InChI is InChI=1S/C32H47N3/c1-3-5-7-8-9-10-11-12-14-27-24-34-31(35-25-27)30-17-15-28(16-18-30)29-19-22-32(26-33,23-20-29)21-13-6-4-2/h15-18,24-25,29H,3-14,19-23H2,1-2H3/t29-,32-. The number of aryl methyl sites for hydroxylation is 1. The molecule has 35 heavy (non-hydrogen) atoms. The molecule has 3 nitrogen and oxygen atoms in total. The summed E-state index contributed by atoms with van der Waals surface area (Å²) in [5, 5.41) is 9.82. The molecule has 0 amide bonds. The molecular weight excluding hydrogens is 426 g/mol. The molecule has 0 saturated heterocycles. The van der Waals surface area contributed by atoms with E-state index in [4.69, 9.17) is 0 Å². The minimum atomic E-state index is -0.0736. The highest BCUT2D eigenvalue weighted by molar-refractivity contribution is 5.55. The van der Waals surface area contributed by atoms with E-state index in [1.54, 1.807) is 0 Å². The summed E-state index contributed by atoms with van der Waals surface area (Å²) >= 11 is 0. The van der Waals surface area contributed by atoms with Gasteiger partial charge in [0, 0.05) is 18.0 Å². The number of hydrogen-bond donors (Lipinski definition) is 0. The van der Waals surface area contributed by atoms with E-state index in [1.165, 1.54) is 81.8 Å². The Kier molecular flexibility index (Phi) is 11.8. The van der Waals surface area contributed by atoms with Crippen molar-refractivity contribution in [3.8, 4) is 17.5 Å². The molecule has 1 aliphatic rings. The van der Waals surface area contributed by atoms with Gasteiger partial charge in [-0.3, -0.25) is 0 Å². The second-order valence-electron chi connectivity index (χ2n) is 10.9. The SMILES string of the molecule is CCCCCCCCCCc1cnc(-c2ccc([C@H]3CC[C@@](C#N)(CCCCC)CC3)cc2)nc1. The fourth-order valence-electron chi connectivity index (χ4n) is 5.64. The van der Waals surface area contributed by atoms with Crippen LogP contribution in [0.2, 0.25) is 0 Å². The minimum absolute atomic E-state index is 0.0736. The van der Waals surface area contributed by atoms with E-state index in [1.807, 2.05) is 12.4 Å². The minimum Gasteiger partial charge on any atom is -0.236 e. The Hall–Kier alpha value is -2.21. The van der Waals surface area contributed by atoms with E-state index in [-0.39, 0.29) is 5.41 Å². The lowest BCUT2D eigenvalue weighted by Crippen LogP contribution is -2.25. The summed E-state index contributed by atoms with van der Waals surface area (Å²) in [7, 11) is 0. The summed E-state index contributed by atoms with van der Waals surface area (Å²) in [6, 6.07) is 11.6. The van der Waals surface area contributed by atoms with Gasteiger partial charge in [-0.25, -0.2) is 9.97 Å². The molecule has 0 N–H and O–H groups in total. The second-order valence-corrected chi connectivity index (χ2v) is 10.9. The molecule has 2 aromatic rings. The highest BCUT2D eigenvalue weighted by Gasteiger charge is 2.35. The van der Waals surface area contributed by atoms with E-state index in [0.717, 1.165) is 49.9 Å². The molecule has 0 atom stereocenters. The van der Waals surface area contributed by atoms with Gasteiger partial charge in [-0.05, 0) is 62.0 Å². The highest BCUT2D eigenvalue weighted by Crippen LogP contribution is 2.45. The normalized spacial score (nSPS) is 20.0. The summed E-state index contributed by atoms with van der Waals surface area (Å²) in [6.45, 7) is 4.51. The molecule has 190 valence electrons. The molecule has 1 heterocycles. The van der Waals surface area contributed by atoms with E-state index in [0.29, 0.717) is 5.92 Å². The van der Waals surface area contributed by atoms with Gasteiger partial charge in [0.15, 0.2) is 5.82 Å². The third kappa shape index (κ3) is 8.75. The lowest BCUT2D eigenvalue weighted by molar-refractivity contribution is 0.223. The van der Waals surface area contributed by atoms with Crippen LogP contribution in [0.5, 0.6) is 0 Å². The van der Waals surface area contributed by atoms with Crippen molar-refractivity contribution in [1.29, 1.82) is 5.26 Å². The van der Waals surface area contributed by atoms with Crippen molar-refractivity contribution in [2.45, 2.75) is 129 Å². The molecule has 0 bridgehead atoms. The molecule has 0 unspecified atom stereocenters. The van der Waals surface area contributed by atoms with Crippen molar-refractivity contribution in [2.24, 2.45) is 5.41 Å². The van der Waals surface area contributed by atoms with Crippen molar-refractivity contribution in [3.63, 3.8) is 0 Å². The van der Waals surface area contributed by atoms with E-state index < -0.39 is 0 Å². The smallest absolute Gasteiger partial charge is 0.159 e. The first kappa shape index (κ1) is 27.4. The number of benzene rings is 1. The molecule has 3 heteroatoms.